The molecule has 1 aliphatic carbocycles. The summed E-state index contributed by atoms with van der Waals surface area (Å²) in [5, 5.41) is 0. The molecule has 3 atom stereocenters. The van der Waals surface area contributed by atoms with Crippen molar-refractivity contribution >= 4 is 7.85 Å². The van der Waals surface area contributed by atoms with E-state index >= 15 is 0 Å². The smallest absolute Gasteiger partial charge is 0.0703 e. The van der Waals surface area contributed by atoms with Gasteiger partial charge in [-0.1, -0.05) is 46.4 Å². The lowest BCUT2D eigenvalue weighted by atomic mass is 9.71. The normalized spacial score (nSPS) is 42.7. The van der Waals surface area contributed by atoms with Crippen molar-refractivity contribution in [3.8, 4) is 0 Å². The fraction of sp³-hybridized carbons (Fsp3) is 1.00. The molecular weight excluding hydrogens is 131 g/mol. The van der Waals surface area contributed by atoms with E-state index in [1.54, 1.807) is 0 Å². The van der Waals surface area contributed by atoms with Crippen LogP contribution in [-0.2, 0) is 0 Å². The highest BCUT2D eigenvalue weighted by Gasteiger charge is 2.42. The fourth-order valence-electron chi connectivity index (χ4n) is 2.45. The van der Waals surface area contributed by atoms with Gasteiger partial charge in [0, 0.05) is 0 Å². The summed E-state index contributed by atoms with van der Waals surface area (Å²) in [6.07, 6.45) is 2.51. The molecule has 0 aromatic carbocycles. The SMILES string of the molecule is [B]C1CC(CC)C(C)(C)C1C. The molecule has 1 fully saturated rings. The lowest BCUT2D eigenvalue weighted by Gasteiger charge is -2.31. The predicted molar refractivity (Wildman–Crippen MR) is 50.8 cm³/mol. The van der Waals surface area contributed by atoms with Crippen LogP contribution < -0.4 is 0 Å². The maximum absolute atomic E-state index is 6.02. The third-order valence-electron chi connectivity index (χ3n) is 3.92. The van der Waals surface area contributed by atoms with Gasteiger partial charge in [0.05, 0.1) is 7.85 Å². The van der Waals surface area contributed by atoms with Crippen molar-refractivity contribution in [2.45, 2.75) is 46.4 Å². The Morgan fingerprint density at radius 3 is 2.18 bits per heavy atom. The van der Waals surface area contributed by atoms with Crippen LogP contribution in [0.3, 0.4) is 0 Å². The van der Waals surface area contributed by atoms with Gasteiger partial charge in [-0.25, -0.2) is 0 Å². The highest BCUT2D eigenvalue weighted by atomic mass is 14.5. The Morgan fingerprint density at radius 2 is 2.00 bits per heavy atom. The van der Waals surface area contributed by atoms with Gasteiger partial charge in [0.25, 0.3) is 0 Å². The summed E-state index contributed by atoms with van der Waals surface area (Å²) >= 11 is 0. The number of rotatable bonds is 1. The Balaban J connectivity index is 2.74. The first-order valence-electron chi connectivity index (χ1n) is 4.75. The van der Waals surface area contributed by atoms with Gasteiger partial charge in [-0.3, -0.25) is 0 Å². The lowest BCUT2D eigenvalue weighted by Crippen LogP contribution is -2.23. The molecule has 0 amide bonds. The van der Waals surface area contributed by atoms with Crippen LogP contribution in [0.2, 0.25) is 5.82 Å². The standard InChI is InChI=1S/C10H19B/c1-5-8-6-9(11)7(2)10(8,3)4/h7-9H,5-6H2,1-4H3. The number of hydrogen-bond donors (Lipinski definition) is 0. The van der Waals surface area contributed by atoms with Gasteiger partial charge in [0.1, 0.15) is 0 Å². The first-order valence-corrected chi connectivity index (χ1v) is 4.75. The second kappa shape index (κ2) is 2.84. The molecule has 0 nitrogen and oxygen atoms in total. The highest BCUT2D eigenvalue weighted by molar-refractivity contribution is 6.12. The quantitative estimate of drug-likeness (QED) is 0.504. The van der Waals surface area contributed by atoms with E-state index in [9.17, 15) is 0 Å². The zero-order chi connectivity index (χ0) is 8.65. The summed E-state index contributed by atoms with van der Waals surface area (Å²) in [4.78, 5) is 0. The second-order valence-electron chi connectivity index (χ2n) is 4.61. The molecule has 1 heteroatoms. The minimum absolute atomic E-state index is 0.440. The molecular formula is C10H19B. The van der Waals surface area contributed by atoms with Crippen LogP contribution in [0.25, 0.3) is 0 Å². The first kappa shape index (κ1) is 9.16. The Bertz CT molecular complexity index is 140. The zero-order valence-electron chi connectivity index (χ0n) is 8.22. The van der Waals surface area contributed by atoms with Crippen LogP contribution >= 0.6 is 0 Å². The van der Waals surface area contributed by atoms with Crippen molar-refractivity contribution in [2.75, 3.05) is 0 Å². The summed E-state index contributed by atoms with van der Waals surface area (Å²) in [6, 6.07) is 0. The molecule has 1 aliphatic rings. The van der Waals surface area contributed by atoms with Crippen molar-refractivity contribution in [3.05, 3.63) is 0 Å². The summed E-state index contributed by atoms with van der Waals surface area (Å²) in [5.41, 5.74) is 0.466. The summed E-state index contributed by atoms with van der Waals surface area (Å²) in [5.74, 6) is 1.97. The molecule has 0 spiro atoms. The van der Waals surface area contributed by atoms with E-state index in [2.05, 4.69) is 27.7 Å². The summed E-state index contributed by atoms with van der Waals surface area (Å²) in [6.45, 7) is 9.29. The van der Waals surface area contributed by atoms with E-state index in [4.69, 9.17) is 7.85 Å². The van der Waals surface area contributed by atoms with Crippen LogP contribution in [0, 0.1) is 17.3 Å². The summed E-state index contributed by atoms with van der Waals surface area (Å²) in [7, 11) is 6.02. The molecule has 0 heterocycles. The van der Waals surface area contributed by atoms with Crippen LogP contribution in [-0.4, -0.2) is 7.85 Å². The molecule has 0 aromatic heterocycles. The average molecular weight is 150 g/mol. The third kappa shape index (κ3) is 1.34. The monoisotopic (exact) mass is 150 g/mol. The third-order valence-corrected chi connectivity index (χ3v) is 3.92. The van der Waals surface area contributed by atoms with Crippen molar-refractivity contribution in [3.63, 3.8) is 0 Å². The van der Waals surface area contributed by atoms with Gasteiger partial charge in [0.15, 0.2) is 0 Å². The van der Waals surface area contributed by atoms with Gasteiger partial charge in [-0.05, 0) is 17.3 Å². The molecule has 0 aliphatic heterocycles. The van der Waals surface area contributed by atoms with Crippen molar-refractivity contribution in [1.82, 2.24) is 0 Å². The molecule has 62 valence electrons. The van der Waals surface area contributed by atoms with Crippen molar-refractivity contribution < 1.29 is 0 Å². The Morgan fingerprint density at radius 1 is 1.45 bits per heavy atom. The van der Waals surface area contributed by atoms with Crippen molar-refractivity contribution in [1.29, 1.82) is 0 Å². The maximum atomic E-state index is 6.02. The Labute approximate surface area is 72.2 Å². The van der Waals surface area contributed by atoms with Gasteiger partial charge in [-0.2, -0.15) is 0 Å². The van der Waals surface area contributed by atoms with Crippen LogP contribution in [0.4, 0.5) is 0 Å². The van der Waals surface area contributed by atoms with Gasteiger partial charge < -0.3 is 0 Å². The van der Waals surface area contributed by atoms with Gasteiger partial charge in [0.2, 0.25) is 0 Å². The Hall–Kier alpha value is 0.0649. The lowest BCUT2D eigenvalue weighted by molar-refractivity contribution is 0.193. The molecule has 0 N–H and O–H groups in total. The fourth-order valence-corrected chi connectivity index (χ4v) is 2.45. The minimum Gasteiger partial charge on any atom is -0.0741 e. The van der Waals surface area contributed by atoms with E-state index in [0.717, 1.165) is 5.92 Å². The molecule has 11 heavy (non-hydrogen) atoms. The molecule has 1 saturated carbocycles. The number of hydrogen-bond acceptors (Lipinski definition) is 0. The molecule has 0 aromatic rings. The van der Waals surface area contributed by atoms with Crippen LogP contribution in [0.15, 0.2) is 0 Å². The van der Waals surface area contributed by atoms with Crippen LogP contribution in [0.1, 0.15) is 40.5 Å². The summed E-state index contributed by atoms with van der Waals surface area (Å²) < 4.78 is 0. The molecule has 2 radical (unpaired) electrons. The van der Waals surface area contributed by atoms with Crippen molar-refractivity contribution in [2.24, 2.45) is 17.3 Å². The average Bonchev–Trinajstić information content (AvgIpc) is 2.13. The van der Waals surface area contributed by atoms with E-state index in [1.165, 1.54) is 12.8 Å². The van der Waals surface area contributed by atoms with E-state index in [1.807, 2.05) is 0 Å². The molecule has 0 saturated heterocycles. The first-order chi connectivity index (χ1) is 5.00. The topological polar surface area (TPSA) is 0 Å². The maximum Gasteiger partial charge on any atom is 0.0703 e. The van der Waals surface area contributed by atoms with E-state index in [0.29, 0.717) is 17.2 Å². The highest BCUT2D eigenvalue weighted by Crippen LogP contribution is 2.53. The Kier molecular flexibility index (Phi) is 2.36. The van der Waals surface area contributed by atoms with E-state index < -0.39 is 0 Å². The largest absolute Gasteiger partial charge is 0.0741 e. The molecule has 0 bridgehead atoms. The van der Waals surface area contributed by atoms with Gasteiger partial charge >= 0.3 is 0 Å². The minimum atomic E-state index is 0.440. The second-order valence-corrected chi connectivity index (χ2v) is 4.61. The van der Waals surface area contributed by atoms with Gasteiger partial charge in [-0.15, -0.1) is 0 Å². The zero-order valence-corrected chi connectivity index (χ0v) is 8.22. The van der Waals surface area contributed by atoms with E-state index in [-0.39, 0.29) is 0 Å². The predicted octanol–water partition coefficient (Wildman–Crippen LogP) is 3.04. The molecule has 3 unspecified atom stereocenters. The molecule has 1 rings (SSSR count). The van der Waals surface area contributed by atoms with Crippen LogP contribution in [0.5, 0.6) is 0 Å².